The molecule has 0 radical (unpaired) electrons. The molecule has 0 aliphatic heterocycles. The Labute approximate surface area is 85.9 Å². The second kappa shape index (κ2) is 5.14. The molecule has 0 unspecified atom stereocenters. The van der Waals surface area contributed by atoms with Gasteiger partial charge in [0.05, 0.1) is 0 Å². The standard InChI is InChI=1S/C9H13N3O3/c1-2-4-10-8(14)6-12-5-3-7(13)11-9(12)15/h3,5H,2,4,6H2,1H3,(H,10,14)(H,11,13,15). The Morgan fingerprint density at radius 2 is 2.27 bits per heavy atom. The normalized spacial score (nSPS) is 9.93. The second-order valence-corrected chi connectivity index (χ2v) is 3.09. The van der Waals surface area contributed by atoms with Gasteiger partial charge in [-0.05, 0) is 6.42 Å². The van der Waals surface area contributed by atoms with Crippen LogP contribution in [0.3, 0.4) is 0 Å². The fourth-order valence-corrected chi connectivity index (χ4v) is 1.04. The van der Waals surface area contributed by atoms with E-state index in [1.807, 2.05) is 6.92 Å². The lowest BCUT2D eigenvalue weighted by molar-refractivity contribution is -0.121. The number of carbonyl (C=O) groups is 1. The first-order valence-electron chi connectivity index (χ1n) is 4.70. The third kappa shape index (κ3) is 3.41. The van der Waals surface area contributed by atoms with Crippen molar-refractivity contribution in [3.8, 4) is 0 Å². The van der Waals surface area contributed by atoms with Crippen molar-refractivity contribution in [2.45, 2.75) is 19.9 Å². The van der Waals surface area contributed by atoms with Gasteiger partial charge in [-0.1, -0.05) is 6.92 Å². The topological polar surface area (TPSA) is 84.0 Å². The van der Waals surface area contributed by atoms with Crippen LogP contribution in [-0.4, -0.2) is 22.0 Å². The molecule has 1 amide bonds. The highest BCUT2D eigenvalue weighted by Crippen LogP contribution is 1.78. The molecule has 0 spiro atoms. The van der Waals surface area contributed by atoms with Gasteiger partial charge in [-0.2, -0.15) is 0 Å². The number of nitrogens with one attached hydrogen (secondary N) is 2. The Balaban J connectivity index is 2.69. The third-order valence-electron chi connectivity index (χ3n) is 1.78. The number of carbonyl (C=O) groups excluding carboxylic acids is 1. The summed E-state index contributed by atoms with van der Waals surface area (Å²) in [6.45, 7) is 2.44. The molecule has 0 aliphatic rings. The summed E-state index contributed by atoms with van der Waals surface area (Å²) in [5.74, 6) is -0.244. The molecule has 0 bridgehead atoms. The van der Waals surface area contributed by atoms with Gasteiger partial charge in [0.2, 0.25) is 5.91 Å². The lowest BCUT2D eigenvalue weighted by Gasteiger charge is -2.04. The van der Waals surface area contributed by atoms with E-state index in [-0.39, 0.29) is 12.5 Å². The quantitative estimate of drug-likeness (QED) is 0.674. The van der Waals surface area contributed by atoms with E-state index in [1.165, 1.54) is 12.3 Å². The molecule has 0 saturated carbocycles. The number of H-pyrrole nitrogens is 1. The van der Waals surface area contributed by atoms with Crippen LogP contribution in [0.1, 0.15) is 13.3 Å². The minimum Gasteiger partial charge on any atom is -0.355 e. The fraction of sp³-hybridized carbons (Fsp3) is 0.444. The first-order valence-corrected chi connectivity index (χ1v) is 4.70. The summed E-state index contributed by atoms with van der Waals surface area (Å²) in [5.41, 5.74) is -1.04. The van der Waals surface area contributed by atoms with Crippen LogP contribution in [0.5, 0.6) is 0 Å². The van der Waals surface area contributed by atoms with E-state index >= 15 is 0 Å². The van der Waals surface area contributed by atoms with Crippen LogP contribution < -0.4 is 16.6 Å². The van der Waals surface area contributed by atoms with Gasteiger partial charge in [0.25, 0.3) is 5.56 Å². The number of hydrogen-bond donors (Lipinski definition) is 2. The predicted molar refractivity (Wildman–Crippen MR) is 54.6 cm³/mol. The molecule has 1 heterocycles. The van der Waals surface area contributed by atoms with E-state index in [1.54, 1.807) is 0 Å². The van der Waals surface area contributed by atoms with Crippen LogP contribution in [0.4, 0.5) is 0 Å². The summed E-state index contributed by atoms with van der Waals surface area (Å²) in [7, 11) is 0. The van der Waals surface area contributed by atoms with Crippen molar-refractivity contribution >= 4 is 5.91 Å². The van der Waals surface area contributed by atoms with E-state index < -0.39 is 11.2 Å². The highest BCUT2D eigenvalue weighted by atomic mass is 16.2. The Morgan fingerprint density at radius 3 is 2.87 bits per heavy atom. The predicted octanol–water partition coefficient (Wildman–Crippen LogP) is -0.937. The fourth-order valence-electron chi connectivity index (χ4n) is 1.04. The van der Waals surface area contributed by atoms with E-state index in [2.05, 4.69) is 10.3 Å². The van der Waals surface area contributed by atoms with Gasteiger partial charge in [0, 0.05) is 18.8 Å². The van der Waals surface area contributed by atoms with Gasteiger partial charge in [0.15, 0.2) is 0 Å². The van der Waals surface area contributed by atoms with Crippen LogP contribution in [0.15, 0.2) is 21.9 Å². The summed E-state index contributed by atoms with van der Waals surface area (Å²) >= 11 is 0. The zero-order valence-electron chi connectivity index (χ0n) is 8.45. The average Bonchev–Trinajstić information content (AvgIpc) is 2.19. The second-order valence-electron chi connectivity index (χ2n) is 3.09. The van der Waals surface area contributed by atoms with Crippen LogP contribution in [-0.2, 0) is 11.3 Å². The third-order valence-corrected chi connectivity index (χ3v) is 1.78. The zero-order chi connectivity index (χ0) is 11.3. The molecule has 0 fully saturated rings. The molecule has 1 rings (SSSR count). The molecule has 0 aliphatic carbocycles. The highest BCUT2D eigenvalue weighted by molar-refractivity contribution is 5.75. The first-order chi connectivity index (χ1) is 7.13. The monoisotopic (exact) mass is 211 g/mol. The summed E-state index contributed by atoms with van der Waals surface area (Å²) < 4.78 is 1.15. The Bertz CT molecular complexity index is 446. The Morgan fingerprint density at radius 1 is 1.53 bits per heavy atom. The SMILES string of the molecule is CCCNC(=O)Cn1ccc(=O)[nH]c1=O. The molecule has 82 valence electrons. The van der Waals surface area contributed by atoms with Crippen LogP contribution >= 0.6 is 0 Å². The zero-order valence-corrected chi connectivity index (χ0v) is 8.45. The van der Waals surface area contributed by atoms with Crippen molar-refractivity contribution in [2.75, 3.05) is 6.54 Å². The maximum absolute atomic E-state index is 11.2. The average molecular weight is 211 g/mol. The molecular formula is C9H13N3O3. The van der Waals surface area contributed by atoms with Gasteiger partial charge in [0.1, 0.15) is 6.54 Å². The van der Waals surface area contributed by atoms with E-state index in [0.717, 1.165) is 11.0 Å². The van der Waals surface area contributed by atoms with Gasteiger partial charge in [-0.25, -0.2) is 4.79 Å². The lowest BCUT2D eigenvalue weighted by Crippen LogP contribution is -2.35. The van der Waals surface area contributed by atoms with Gasteiger partial charge in [-0.15, -0.1) is 0 Å². The molecule has 0 aromatic carbocycles. The van der Waals surface area contributed by atoms with E-state index in [0.29, 0.717) is 6.54 Å². The number of amides is 1. The summed E-state index contributed by atoms with van der Waals surface area (Å²) in [6.07, 6.45) is 2.14. The molecule has 15 heavy (non-hydrogen) atoms. The van der Waals surface area contributed by atoms with Gasteiger partial charge >= 0.3 is 5.69 Å². The molecule has 0 atom stereocenters. The molecule has 0 saturated heterocycles. The van der Waals surface area contributed by atoms with Crippen molar-refractivity contribution < 1.29 is 4.79 Å². The first kappa shape index (κ1) is 11.2. The van der Waals surface area contributed by atoms with Gasteiger partial charge in [-0.3, -0.25) is 19.1 Å². The number of aromatic nitrogens is 2. The summed E-state index contributed by atoms with van der Waals surface area (Å²) in [5, 5.41) is 2.63. The molecule has 1 aromatic rings. The molecule has 2 N–H and O–H groups in total. The molecule has 1 aromatic heterocycles. The maximum Gasteiger partial charge on any atom is 0.328 e. The number of nitrogens with zero attached hydrogens (tertiary/aromatic N) is 1. The largest absolute Gasteiger partial charge is 0.355 e. The number of aromatic amines is 1. The van der Waals surface area contributed by atoms with Crippen LogP contribution in [0, 0.1) is 0 Å². The van der Waals surface area contributed by atoms with Crippen molar-refractivity contribution in [1.29, 1.82) is 0 Å². The molecule has 6 heteroatoms. The lowest BCUT2D eigenvalue weighted by atomic mass is 10.4. The van der Waals surface area contributed by atoms with E-state index in [4.69, 9.17) is 0 Å². The van der Waals surface area contributed by atoms with Crippen molar-refractivity contribution in [3.05, 3.63) is 33.1 Å². The van der Waals surface area contributed by atoms with Crippen molar-refractivity contribution in [1.82, 2.24) is 14.9 Å². The molecular weight excluding hydrogens is 198 g/mol. The summed E-state index contributed by atoms with van der Waals surface area (Å²) in [4.78, 5) is 35.2. The van der Waals surface area contributed by atoms with Crippen molar-refractivity contribution in [2.24, 2.45) is 0 Å². The smallest absolute Gasteiger partial charge is 0.328 e. The van der Waals surface area contributed by atoms with Gasteiger partial charge < -0.3 is 5.32 Å². The summed E-state index contributed by atoms with van der Waals surface area (Å²) in [6, 6.07) is 1.20. The highest BCUT2D eigenvalue weighted by Gasteiger charge is 2.02. The van der Waals surface area contributed by atoms with Crippen LogP contribution in [0.2, 0.25) is 0 Å². The number of hydrogen-bond acceptors (Lipinski definition) is 3. The van der Waals surface area contributed by atoms with Crippen molar-refractivity contribution in [3.63, 3.8) is 0 Å². The minimum atomic E-state index is -0.575. The minimum absolute atomic E-state index is 0.0738. The van der Waals surface area contributed by atoms with E-state index in [9.17, 15) is 14.4 Å². The maximum atomic E-state index is 11.2. The van der Waals surface area contributed by atoms with Crippen LogP contribution in [0.25, 0.3) is 0 Å². The molecule has 6 nitrogen and oxygen atoms in total. The number of rotatable bonds is 4. The Kier molecular flexibility index (Phi) is 3.84. The Hall–Kier alpha value is -1.85.